The van der Waals surface area contributed by atoms with Crippen molar-refractivity contribution in [1.82, 2.24) is 9.88 Å². The number of carbonyl (C=O) groups is 2. The number of rotatable bonds is 5. The maximum Gasteiger partial charge on any atom is 0.253 e. The van der Waals surface area contributed by atoms with E-state index in [4.69, 9.17) is 4.74 Å². The molecule has 0 unspecified atom stereocenters. The first kappa shape index (κ1) is 18.5. The third kappa shape index (κ3) is 3.65. The summed E-state index contributed by atoms with van der Waals surface area (Å²) in [6, 6.07) is 10.0. The predicted octanol–water partition coefficient (Wildman–Crippen LogP) is 3.92. The Morgan fingerprint density at radius 3 is 2.67 bits per heavy atom. The van der Waals surface area contributed by atoms with E-state index in [9.17, 15) is 14.0 Å². The lowest BCUT2D eigenvalue weighted by Crippen LogP contribution is -2.21. The molecule has 1 amide bonds. The number of fused-ring (bicyclic) bond motifs is 1. The monoisotopic (exact) mass is 366 g/mol. The minimum atomic E-state index is -0.457. The van der Waals surface area contributed by atoms with Crippen LogP contribution in [0.3, 0.4) is 0 Å². The van der Waals surface area contributed by atoms with Gasteiger partial charge in [-0.2, -0.15) is 0 Å². The molecule has 0 aliphatic carbocycles. The third-order valence-corrected chi connectivity index (χ3v) is 4.29. The SMILES string of the molecule is Cc1c(Oc2ccnc3ccc(C(=O)N(C)C)cc23)ccc(CC=O)c1F. The molecule has 6 heteroatoms. The summed E-state index contributed by atoms with van der Waals surface area (Å²) in [6.07, 6.45) is 2.27. The molecule has 0 fully saturated rings. The van der Waals surface area contributed by atoms with Crippen LogP contribution in [0.25, 0.3) is 10.9 Å². The lowest BCUT2D eigenvalue weighted by Gasteiger charge is -2.14. The van der Waals surface area contributed by atoms with Gasteiger partial charge in [-0.1, -0.05) is 6.07 Å². The molecule has 0 N–H and O–H groups in total. The fourth-order valence-corrected chi connectivity index (χ4v) is 2.80. The maximum absolute atomic E-state index is 14.4. The summed E-state index contributed by atoms with van der Waals surface area (Å²) in [5.41, 5.74) is 1.82. The maximum atomic E-state index is 14.4. The van der Waals surface area contributed by atoms with Gasteiger partial charge in [0.15, 0.2) is 0 Å². The van der Waals surface area contributed by atoms with E-state index in [0.717, 1.165) is 0 Å². The van der Waals surface area contributed by atoms with Crippen LogP contribution in [0, 0.1) is 12.7 Å². The van der Waals surface area contributed by atoms with Crippen LogP contribution >= 0.6 is 0 Å². The van der Waals surface area contributed by atoms with Gasteiger partial charge in [-0.3, -0.25) is 9.78 Å². The smallest absolute Gasteiger partial charge is 0.253 e. The van der Waals surface area contributed by atoms with Gasteiger partial charge in [0.25, 0.3) is 5.91 Å². The number of nitrogens with zero attached hydrogens (tertiary/aromatic N) is 2. The number of pyridine rings is 1. The lowest BCUT2D eigenvalue weighted by atomic mass is 10.1. The highest BCUT2D eigenvalue weighted by molar-refractivity contribution is 5.99. The summed E-state index contributed by atoms with van der Waals surface area (Å²) < 4.78 is 20.4. The number of amides is 1. The number of carbonyl (C=O) groups excluding carboxylic acids is 2. The summed E-state index contributed by atoms with van der Waals surface area (Å²) >= 11 is 0. The molecule has 0 saturated heterocycles. The van der Waals surface area contributed by atoms with Crippen LogP contribution in [0.4, 0.5) is 4.39 Å². The second-order valence-corrected chi connectivity index (χ2v) is 6.38. The van der Waals surface area contributed by atoms with Crippen LogP contribution in [0.5, 0.6) is 11.5 Å². The molecule has 27 heavy (non-hydrogen) atoms. The first-order valence-corrected chi connectivity index (χ1v) is 8.42. The molecule has 0 spiro atoms. The normalized spacial score (nSPS) is 10.7. The quantitative estimate of drug-likeness (QED) is 0.642. The molecule has 1 aromatic heterocycles. The second kappa shape index (κ2) is 7.53. The molecule has 0 aliphatic heterocycles. The van der Waals surface area contributed by atoms with Crippen molar-refractivity contribution in [2.45, 2.75) is 13.3 Å². The van der Waals surface area contributed by atoms with Crippen molar-refractivity contribution in [1.29, 1.82) is 0 Å². The van der Waals surface area contributed by atoms with Crippen LogP contribution in [-0.4, -0.2) is 36.2 Å². The summed E-state index contributed by atoms with van der Waals surface area (Å²) in [4.78, 5) is 28.7. The molecule has 0 bridgehead atoms. The van der Waals surface area contributed by atoms with Gasteiger partial charge >= 0.3 is 0 Å². The molecule has 5 nitrogen and oxygen atoms in total. The third-order valence-electron chi connectivity index (χ3n) is 4.29. The Bertz CT molecular complexity index is 1030. The van der Waals surface area contributed by atoms with Crippen LogP contribution in [0.15, 0.2) is 42.6 Å². The van der Waals surface area contributed by atoms with Crippen LogP contribution in [0.1, 0.15) is 21.5 Å². The van der Waals surface area contributed by atoms with Crippen molar-refractivity contribution in [2.24, 2.45) is 0 Å². The predicted molar refractivity (Wildman–Crippen MR) is 101 cm³/mol. The Labute approximate surface area is 156 Å². The van der Waals surface area contributed by atoms with Crippen molar-refractivity contribution in [3.63, 3.8) is 0 Å². The standard InChI is InChI=1S/C21H19FN2O3/c1-13-18(7-5-14(9-11-25)20(13)22)27-19-8-10-23-17-6-4-15(12-16(17)19)21(26)24(2)3/h4-8,10-12H,9H2,1-3H3. The van der Waals surface area contributed by atoms with Gasteiger partial charge in [-0.25, -0.2) is 4.39 Å². The zero-order valence-corrected chi connectivity index (χ0v) is 15.3. The molecule has 0 saturated carbocycles. The summed E-state index contributed by atoms with van der Waals surface area (Å²) in [5.74, 6) is 0.228. The average Bonchev–Trinajstić information content (AvgIpc) is 2.67. The number of hydrogen-bond acceptors (Lipinski definition) is 4. The Morgan fingerprint density at radius 2 is 1.96 bits per heavy atom. The minimum Gasteiger partial charge on any atom is -0.456 e. The van der Waals surface area contributed by atoms with Gasteiger partial charge in [0, 0.05) is 43.2 Å². The van der Waals surface area contributed by atoms with E-state index in [2.05, 4.69) is 4.98 Å². The first-order valence-electron chi connectivity index (χ1n) is 8.42. The number of hydrogen-bond donors (Lipinski definition) is 0. The van der Waals surface area contributed by atoms with E-state index in [1.54, 1.807) is 57.5 Å². The van der Waals surface area contributed by atoms with Gasteiger partial charge in [-0.15, -0.1) is 0 Å². The van der Waals surface area contributed by atoms with E-state index in [0.29, 0.717) is 45.4 Å². The number of halogens is 1. The van der Waals surface area contributed by atoms with Gasteiger partial charge in [-0.05, 0) is 42.8 Å². The highest BCUT2D eigenvalue weighted by Gasteiger charge is 2.14. The Kier molecular flexibility index (Phi) is 5.16. The number of aldehydes is 1. The highest BCUT2D eigenvalue weighted by atomic mass is 19.1. The van der Waals surface area contributed by atoms with Gasteiger partial charge < -0.3 is 14.4 Å². The summed E-state index contributed by atoms with van der Waals surface area (Å²) in [6.45, 7) is 1.60. The number of aromatic nitrogens is 1. The molecular weight excluding hydrogens is 347 g/mol. The van der Waals surface area contributed by atoms with Crippen LogP contribution in [0.2, 0.25) is 0 Å². The van der Waals surface area contributed by atoms with E-state index in [-0.39, 0.29) is 12.3 Å². The highest BCUT2D eigenvalue weighted by Crippen LogP contribution is 2.33. The molecule has 0 radical (unpaired) electrons. The fourth-order valence-electron chi connectivity index (χ4n) is 2.80. The Balaban J connectivity index is 2.04. The molecule has 0 aliphatic rings. The average molecular weight is 366 g/mol. The Hall–Kier alpha value is -3.28. The van der Waals surface area contributed by atoms with Gasteiger partial charge in [0.1, 0.15) is 23.6 Å². The molecule has 1 heterocycles. The minimum absolute atomic E-state index is 0.0150. The Morgan fingerprint density at radius 1 is 1.19 bits per heavy atom. The van der Waals surface area contributed by atoms with Crippen molar-refractivity contribution >= 4 is 23.1 Å². The molecule has 3 rings (SSSR count). The molecular formula is C21H19FN2O3. The number of ether oxygens (including phenoxy) is 1. The van der Waals surface area contributed by atoms with Crippen molar-refractivity contribution in [2.75, 3.05) is 14.1 Å². The van der Waals surface area contributed by atoms with Crippen molar-refractivity contribution in [3.05, 3.63) is 65.1 Å². The largest absolute Gasteiger partial charge is 0.456 e. The molecule has 3 aromatic rings. The lowest BCUT2D eigenvalue weighted by molar-refractivity contribution is -0.107. The summed E-state index contributed by atoms with van der Waals surface area (Å²) in [7, 11) is 3.36. The van der Waals surface area contributed by atoms with Gasteiger partial charge in [0.05, 0.1) is 5.52 Å². The zero-order valence-electron chi connectivity index (χ0n) is 15.3. The topological polar surface area (TPSA) is 59.5 Å². The summed E-state index contributed by atoms with van der Waals surface area (Å²) in [5, 5.41) is 0.655. The van der Waals surface area contributed by atoms with Crippen LogP contribution in [-0.2, 0) is 11.2 Å². The molecule has 138 valence electrons. The van der Waals surface area contributed by atoms with E-state index in [1.807, 2.05) is 0 Å². The molecule has 2 aromatic carbocycles. The first-order chi connectivity index (χ1) is 12.9. The van der Waals surface area contributed by atoms with E-state index >= 15 is 0 Å². The fraction of sp³-hybridized carbons (Fsp3) is 0.190. The van der Waals surface area contributed by atoms with Crippen molar-refractivity contribution in [3.8, 4) is 11.5 Å². The van der Waals surface area contributed by atoms with Crippen molar-refractivity contribution < 1.29 is 18.7 Å². The second-order valence-electron chi connectivity index (χ2n) is 6.38. The molecule has 0 atom stereocenters. The van der Waals surface area contributed by atoms with E-state index in [1.165, 1.54) is 11.0 Å². The van der Waals surface area contributed by atoms with E-state index < -0.39 is 5.82 Å². The van der Waals surface area contributed by atoms with Crippen LogP contribution < -0.4 is 4.74 Å². The zero-order chi connectivity index (χ0) is 19.6. The number of benzene rings is 2. The van der Waals surface area contributed by atoms with Gasteiger partial charge in [0.2, 0.25) is 0 Å².